The van der Waals surface area contributed by atoms with E-state index < -0.39 is 11.9 Å². The molecule has 0 aliphatic rings. The lowest BCUT2D eigenvalue weighted by atomic mass is 10.0. The number of carbonyl (C=O) groups is 2. The Labute approximate surface area is 206 Å². The van der Waals surface area contributed by atoms with Crippen LogP contribution in [0, 0.1) is 5.92 Å². The number of nitrogens with one attached hydrogen (secondary N) is 2. The molecular formula is C28H31N3O4. The predicted molar refractivity (Wildman–Crippen MR) is 137 cm³/mol. The van der Waals surface area contributed by atoms with Gasteiger partial charge in [-0.15, -0.1) is 0 Å². The number of hydrazone groups is 1. The molecule has 0 aliphatic heterocycles. The van der Waals surface area contributed by atoms with Crippen molar-refractivity contribution in [2.45, 2.75) is 33.4 Å². The summed E-state index contributed by atoms with van der Waals surface area (Å²) in [5.41, 5.74) is 4.81. The average Bonchev–Trinajstić information content (AvgIpc) is 2.87. The second-order valence-electron chi connectivity index (χ2n) is 8.21. The topological polar surface area (TPSA) is 89.0 Å². The molecule has 0 radical (unpaired) electrons. The van der Waals surface area contributed by atoms with Gasteiger partial charge >= 0.3 is 0 Å². The molecule has 3 rings (SSSR count). The molecule has 2 N–H and O–H groups in total. The maximum absolute atomic E-state index is 12.7. The van der Waals surface area contributed by atoms with Crippen LogP contribution in [0.3, 0.4) is 0 Å². The lowest BCUT2D eigenvalue weighted by molar-refractivity contribution is -0.123. The van der Waals surface area contributed by atoms with Crippen LogP contribution in [-0.2, 0) is 11.4 Å². The summed E-state index contributed by atoms with van der Waals surface area (Å²) in [6.07, 6.45) is 1.53. The first-order valence-electron chi connectivity index (χ1n) is 11.6. The van der Waals surface area contributed by atoms with E-state index in [1.54, 1.807) is 30.3 Å². The molecule has 3 aromatic carbocycles. The first kappa shape index (κ1) is 25.5. The molecule has 7 heteroatoms. The molecule has 0 aromatic heterocycles. The predicted octanol–water partition coefficient (Wildman–Crippen LogP) is 4.57. The summed E-state index contributed by atoms with van der Waals surface area (Å²) in [6.45, 7) is 6.53. The fourth-order valence-corrected chi connectivity index (χ4v) is 3.32. The van der Waals surface area contributed by atoms with Crippen molar-refractivity contribution in [2.75, 3.05) is 6.61 Å². The summed E-state index contributed by atoms with van der Waals surface area (Å²) < 4.78 is 11.7. The Morgan fingerprint density at radius 3 is 2.26 bits per heavy atom. The standard InChI is InChI=1S/C28H31N3O4/c1-4-34-25-17-22(15-16-24(25)35-19-21-11-7-5-8-12-21)18-29-31-28(33)26(20(2)3)30-27(32)23-13-9-6-10-14-23/h5-18,20,26H,4,19H2,1-3H3,(H,30,32)(H,31,33)/b29-18+. The highest BCUT2D eigenvalue weighted by atomic mass is 16.5. The van der Waals surface area contributed by atoms with Crippen LogP contribution in [0.4, 0.5) is 0 Å². The molecule has 182 valence electrons. The summed E-state index contributed by atoms with van der Waals surface area (Å²) in [4.78, 5) is 25.2. The number of benzene rings is 3. The van der Waals surface area contributed by atoms with Gasteiger partial charge in [0.25, 0.3) is 11.8 Å². The second-order valence-corrected chi connectivity index (χ2v) is 8.21. The Balaban J connectivity index is 1.62. The van der Waals surface area contributed by atoms with Gasteiger partial charge < -0.3 is 14.8 Å². The third kappa shape index (κ3) is 7.71. The zero-order valence-electron chi connectivity index (χ0n) is 20.2. The smallest absolute Gasteiger partial charge is 0.262 e. The van der Waals surface area contributed by atoms with Gasteiger partial charge in [0.15, 0.2) is 11.5 Å². The van der Waals surface area contributed by atoms with Crippen molar-refractivity contribution in [3.63, 3.8) is 0 Å². The minimum absolute atomic E-state index is 0.122. The van der Waals surface area contributed by atoms with E-state index in [1.807, 2.05) is 69.3 Å². The summed E-state index contributed by atoms with van der Waals surface area (Å²) in [6, 6.07) is 23.4. The van der Waals surface area contributed by atoms with Crippen LogP contribution >= 0.6 is 0 Å². The van der Waals surface area contributed by atoms with Gasteiger partial charge in [0, 0.05) is 5.56 Å². The highest BCUT2D eigenvalue weighted by Crippen LogP contribution is 2.28. The van der Waals surface area contributed by atoms with Crippen molar-refractivity contribution in [1.29, 1.82) is 0 Å². The van der Waals surface area contributed by atoms with E-state index in [4.69, 9.17) is 9.47 Å². The Bertz CT molecular complexity index is 1130. The van der Waals surface area contributed by atoms with Gasteiger partial charge in [0.1, 0.15) is 12.6 Å². The fraction of sp³-hybridized carbons (Fsp3) is 0.250. The Hall–Kier alpha value is -4.13. The maximum Gasteiger partial charge on any atom is 0.262 e. The van der Waals surface area contributed by atoms with E-state index in [9.17, 15) is 9.59 Å². The third-order valence-corrected chi connectivity index (χ3v) is 5.16. The number of carbonyl (C=O) groups excluding carboxylic acids is 2. The summed E-state index contributed by atoms with van der Waals surface area (Å²) in [5.74, 6) is 0.391. The summed E-state index contributed by atoms with van der Waals surface area (Å²) in [7, 11) is 0. The van der Waals surface area contributed by atoms with Gasteiger partial charge in [0.2, 0.25) is 0 Å². The number of hydrogen-bond donors (Lipinski definition) is 2. The minimum atomic E-state index is -0.729. The highest BCUT2D eigenvalue weighted by Gasteiger charge is 2.24. The van der Waals surface area contributed by atoms with Gasteiger partial charge in [0.05, 0.1) is 12.8 Å². The van der Waals surface area contributed by atoms with Crippen LogP contribution in [-0.4, -0.2) is 30.7 Å². The number of nitrogens with zero attached hydrogens (tertiary/aromatic N) is 1. The number of rotatable bonds is 11. The van der Waals surface area contributed by atoms with Crippen LogP contribution in [0.25, 0.3) is 0 Å². The van der Waals surface area contributed by atoms with Gasteiger partial charge in [-0.05, 0) is 54.3 Å². The van der Waals surface area contributed by atoms with Crippen LogP contribution < -0.4 is 20.2 Å². The molecule has 0 heterocycles. The van der Waals surface area contributed by atoms with E-state index >= 15 is 0 Å². The van der Waals surface area contributed by atoms with Crippen molar-refractivity contribution in [3.8, 4) is 11.5 Å². The zero-order valence-corrected chi connectivity index (χ0v) is 20.2. The second kappa shape index (κ2) is 12.9. The highest BCUT2D eigenvalue weighted by molar-refractivity contribution is 5.97. The van der Waals surface area contributed by atoms with E-state index in [1.165, 1.54) is 6.21 Å². The quantitative estimate of drug-likeness (QED) is 0.315. The molecule has 0 aliphatic carbocycles. The Morgan fingerprint density at radius 1 is 0.914 bits per heavy atom. The monoisotopic (exact) mass is 473 g/mol. The van der Waals surface area contributed by atoms with Crippen molar-refractivity contribution in [1.82, 2.24) is 10.7 Å². The number of hydrogen-bond acceptors (Lipinski definition) is 5. The van der Waals surface area contributed by atoms with E-state index in [0.29, 0.717) is 30.3 Å². The first-order valence-corrected chi connectivity index (χ1v) is 11.6. The molecule has 0 bridgehead atoms. The fourth-order valence-electron chi connectivity index (χ4n) is 3.32. The van der Waals surface area contributed by atoms with Gasteiger partial charge in [-0.1, -0.05) is 62.4 Å². The molecule has 3 aromatic rings. The molecule has 0 spiro atoms. The van der Waals surface area contributed by atoms with E-state index in [2.05, 4.69) is 15.8 Å². The SMILES string of the molecule is CCOc1cc(/C=N/NC(=O)C(NC(=O)c2ccccc2)C(C)C)ccc1OCc1ccccc1. The zero-order chi connectivity index (χ0) is 25.0. The number of ether oxygens (including phenoxy) is 2. The first-order chi connectivity index (χ1) is 17.0. The van der Waals surface area contributed by atoms with Crippen LogP contribution in [0.2, 0.25) is 0 Å². The third-order valence-electron chi connectivity index (χ3n) is 5.16. The lowest BCUT2D eigenvalue weighted by Gasteiger charge is -2.20. The molecule has 35 heavy (non-hydrogen) atoms. The normalized spacial score (nSPS) is 11.8. The van der Waals surface area contributed by atoms with Crippen molar-refractivity contribution >= 4 is 18.0 Å². The maximum atomic E-state index is 12.7. The van der Waals surface area contributed by atoms with E-state index in [-0.39, 0.29) is 11.8 Å². The molecule has 7 nitrogen and oxygen atoms in total. The summed E-state index contributed by atoms with van der Waals surface area (Å²) in [5, 5.41) is 6.86. The van der Waals surface area contributed by atoms with Gasteiger partial charge in [-0.3, -0.25) is 9.59 Å². The lowest BCUT2D eigenvalue weighted by Crippen LogP contribution is -2.48. The van der Waals surface area contributed by atoms with Gasteiger partial charge in [-0.2, -0.15) is 5.10 Å². The molecule has 0 fully saturated rings. The van der Waals surface area contributed by atoms with Crippen molar-refractivity contribution in [3.05, 3.63) is 95.6 Å². The Kier molecular flexibility index (Phi) is 9.42. The average molecular weight is 474 g/mol. The van der Waals surface area contributed by atoms with Crippen molar-refractivity contribution < 1.29 is 19.1 Å². The Morgan fingerprint density at radius 2 is 1.60 bits per heavy atom. The molecule has 2 amide bonds. The molecular weight excluding hydrogens is 442 g/mol. The largest absolute Gasteiger partial charge is 0.490 e. The van der Waals surface area contributed by atoms with Crippen molar-refractivity contribution in [2.24, 2.45) is 11.0 Å². The summed E-state index contributed by atoms with van der Waals surface area (Å²) >= 11 is 0. The molecule has 0 saturated carbocycles. The molecule has 1 atom stereocenters. The molecule has 0 saturated heterocycles. The van der Waals surface area contributed by atoms with Crippen LogP contribution in [0.15, 0.2) is 84.0 Å². The van der Waals surface area contributed by atoms with Crippen LogP contribution in [0.1, 0.15) is 42.3 Å². The molecule has 1 unspecified atom stereocenters. The van der Waals surface area contributed by atoms with Crippen LogP contribution in [0.5, 0.6) is 11.5 Å². The minimum Gasteiger partial charge on any atom is -0.490 e. The van der Waals surface area contributed by atoms with Gasteiger partial charge in [-0.25, -0.2) is 5.43 Å². The number of amides is 2. The van der Waals surface area contributed by atoms with E-state index in [0.717, 1.165) is 11.1 Å².